The zero-order valence-corrected chi connectivity index (χ0v) is 13.4. The molecular formula is C20H16N2O3. The van der Waals surface area contributed by atoms with Crippen LogP contribution in [0.3, 0.4) is 0 Å². The van der Waals surface area contributed by atoms with Crippen molar-refractivity contribution in [1.82, 2.24) is 5.32 Å². The van der Waals surface area contributed by atoms with Gasteiger partial charge in [0.25, 0.3) is 5.91 Å². The number of carboxylic acids is 1. The maximum Gasteiger partial charge on any atom is 0.326 e. The second-order valence-corrected chi connectivity index (χ2v) is 5.75. The third-order valence-electron chi connectivity index (χ3n) is 4.15. The van der Waals surface area contributed by atoms with Crippen molar-refractivity contribution in [3.8, 4) is 6.07 Å². The van der Waals surface area contributed by atoms with Gasteiger partial charge in [-0.3, -0.25) is 4.79 Å². The number of rotatable bonds is 5. The zero-order valence-electron chi connectivity index (χ0n) is 13.4. The van der Waals surface area contributed by atoms with Gasteiger partial charge in [0.15, 0.2) is 0 Å². The average Bonchev–Trinajstić information content (AvgIpc) is 2.62. The molecule has 1 amide bonds. The highest BCUT2D eigenvalue weighted by Gasteiger charge is 2.22. The molecule has 25 heavy (non-hydrogen) atoms. The van der Waals surface area contributed by atoms with Crippen molar-refractivity contribution in [3.05, 3.63) is 60.2 Å². The summed E-state index contributed by atoms with van der Waals surface area (Å²) in [6.45, 7) is 0. The van der Waals surface area contributed by atoms with Crippen LogP contribution in [0.5, 0.6) is 0 Å². The maximum absolute atomic E-state index is 12.9. The van der Waals surface area contributed by atoms with E-state index in [0.717, 1.165) is 21.5 Å². The fraction of sp³-hybridized carbons (Fsp3) is 0.150. The quantitative estimate of drug-likeness (QED) is 0.700. The van der Waals surface area contributed by atoms with E-state index in [0.29, 0.717) is 5.56 Å². The van der Waals surface area contributed by atoms with Crippen molar-refractivity contribution < 1.29 is 14.7 Å². The highest BCUT2D eigenvalue weighted by Crippen LogP contribution is 2.28. The van der Waals surface area contributed by atoms with E-state index in [1.54, 1.807) is 0 Å². The summed E-state index contributed by atoms with van der Waals surface area (Å²) in [5.41, 5.74) is 0.455. The standard InChI is InChI=1S/C20H16N2O3/c21-11-5-10-17(20(24)25)22-19(23)18-15-8-3-1-6-13(15)12-14-7-2-4-9-16(14)18/h1-4,6-9,12,17H,5,10H2,(H,22,23)(H,24,25)/t17-/m0/s1. The first-order valence-corrected chi connectivity index (χ1v) is 7.93. The summed E-state index contributed by atoms with van der Waals surface area (Å²) >= 11 is 0. The molecule has 3 rings (SSSR count). The average molecular weight is 332 g/mol. The molecule has 3 aromatic carbocycles. The van der Waals surface area contributed by atoms with Gasteiger partial charge in [0.1, 0.15) is 6.04 Å². The van der Waals surface area contributed by atoms with Crippen molar-refractivity contribution in [2.75, 3.05) is 0 Å². The summed E-state index contributed by atoms with van der Waals surface area (Å²) in [4.78, 5) is 24.3. The first-order chi connectivity index (χ1) is 12.1. The maximum atomic E-state index is 12.9. The van der Waals surface area contributed by atoms with Crippen molar-refractivity contribution in [3.63, 3.8) is 0 Å². The SMILES string of the molecule is N#CCC[C@H](NC(=O)c1c2ccccc2cc2ccccc12)C(=O)O. The zero-order chi connectivity index (χ0) is 17.8. The minimum Gasteiger partial charge on any atom is -0.480 e. The second kappa shape index (κ2) is 7.02. The number of nitrogens with zero attached hydrogens (tertiary/aromatic N) is 1. The molecule has 5 nitrogen and oxygen atoms in total. The summed E-state index contributed by atoms with van der Waals surface area (Å²) in [6, 6.07) is 17.8. The minimum absolute atomic E-state index is 0.0630. The molecule has 0 unspecified atom stereocenters. The topological polar surface area (TPSA) is 90.2 Å². The Morgan fingerprint density at radius 1 is 1.04 bits per heavy atom. The molecule has 0 saturated heterocycles. The molecule has 0 saturated carbocycles. The van der Waals surface area contributed by atoms with Crippen LogP contribution in [0.2, 0.25) is 0 Å². The van der Waals surface area contributed by atoms with Crippen LogP contribution in [-0.4, -0.2) is 23.0 Å². The van der Waals surface area contributed by atoms with Gasteiger partial charge in [0, 0.05) is 6.42 Å². The Bertz CT molecular complexity index is 951. The number of aliphatic carboxylic acids is 1. The fourth-order valence-corrected chi connectivity index (χ4v) is 2.96. The van der Waals surface area contributed by atoms with Crippen molar-refractivity contribution in [1.29, 1.82) is 5.26 Å². The van der Waals surface area contributed by atoms with Gasteiger partial charge in [0.05, 0.1) is 11.6 Å². The Morgan fingerprint density at radius 3 is 2.12 bits per heavy atom. The number of carbonyl (C=O) groups excluding carboxylic acids is 1. The molecule has 0 bridgehead atoms. The number of hydrogen-bond acceptors (Lipinski definition) is 3. The molecule has 0 radical (unpaired) electrons. The molecule has 5 heteroatoms. The number of benzene rings is 3. The van der Waals surface area contributed by atoms with Gasteiger partial charge in [-0.25, -0.2) is 4.79 Å². The molecule has 0 aromatic heterocycles. The van der Waals surface area contributed by atoms with Gasteiger partial charge in [-0.1, -0.05) is 48.5 Å². The van der Waals surface area contributed by atoms with Crippen LogP contribution in [0, 0.1) is 11.3 Å². The Labute approximate surface area is 144 Å². The molecular weight excluding hydrogens is 316 g/mol. The molecule has 2 N–H and O–H groups in total. The van der Waals surface area contributed by atoms with Gasteiger partial charge in [-0.15, -0.1) is 0 Å². The van der Waals surface area contributed by atoms with Gasteiger partial charge in [-0.05, 0) is 34.0 Å². The van der Waals surface area contributed by atoms with Gasteiger partial charge >= 0.3 is 5.97 Å². The highest BCUT2D eigenvalue weighted by atomic mass is 16.4. The Hall–Kier alpha value is -3.39. The number of nitrogens with one attached hydrogen (secondary N) is 1. The monoisotopic (exact) mass is 332 g/mol. The van der Waals surface area contributed by atoms with E-state index in [2.05, 4.69) is 5.32 Å². The summed E-state index contributed by atoms with van der Waals surface area (Å²) in [5.74, 6) is -1.59. The van der Waals surface area contributed by atoms with Crippen LogP contribution in [0.15, 0.2) is 54.6 Å². The third kappa shape index (κ3) is 3.29. The Kier molecular flexibility index (Phi) is 4.62. The van der Waals surface area contributed by atoms with E-state index in [-0.39, 0.29) is 12.8 Å². The van der Waals surface area contributed by atoms with Crippen LogP contribution >= 0.6 is 0 Å². The molecule has 0 fully saturated rings. The molecule has 124 valence electrons. The predicted octanol–water partition coefficient (Wildman–Crippen LogP) is 3.48. The fourth-order valence-electron chi connectivity index (χ4n) is 2.96. The number of fused-ring (bicyclic) bond motifs is 2. The minimum atomic E-state index is -1.15. The lowest BCUT2D eigenvalue weighted by Crippen LogP contribution is -2.40. The third-order valence-corrected chi connectivity index (χ3v) is 4.15. The first-order valence-electron chi connectivity index (χ1n) is 7.93. The van der Waals surface area contributed by atoms with Gasteiger partial charge in [0.2, 0.25) is 0 Å². The summed E-state index contributed by atoms with van der Waals surface area (Å²) < 4.78 is 0. The van der Waals surface area contributed by atoms with E-state index in [1.807, 2.05) is 60.7 Å². The van der Waals surface area contributed by atoms with Crippen LogP contribution in [0.4, 0.5) is 0 Å². The van der Waals surface area contributed by atoms with Crippen LogP contribution in [0.1, 0.15) is 23.2 Å². The van der Waals surface area contributed by atoms with E-state index < -0.39 is 17.9 Å². The van der Waals surface area contributed by atoms with Gasteiger partial charge < -0.3 is 10.4 Å². The summed E-state index contributed by atoms with van der Waals surface area (Å²) in [5, 5.41) is 23.9. The van der Waals surface area contributed by atoms with Gasteiger partial charge in [-0.2, -0.15) is 5.26 Å². The largest absolute Gasteiger partial charge is 0.480 e. The van der Waals surface area contributed by atoms with Crippen molar-refractivity contribution in [2.45, 2.75) is 18.9 Å². The van der Waals surface area contributed by atoms with E-state index in [4.69, 9.17) is 5.26 Å². The first kappa shape index (κ1) is 16.5. The normalized spacial score (nSPS) is 11.8. The summed E-state index contributed by atoms with van der Waals surface area (Å²) in [6.07, 6.45) is 0.133. The Balaban J connectivity index is 2.10. The van der Waals surface area contributed by atoms with E-state index >= 15 is 0 Å². The number of nitriles is 1. The summed E-state index contributed by atoms with van der Waals surface area (Å²) in [7, 11) is 0. The number of carbonyl (C=O) groups is 2. The molecule has 0 aliphatic carbocycles. The number of amides is 1. The van der Waals surface area contributed by atoms with Crippen molar-refractivity contribution in [2.24, 2.45) is 0 Å². The predicted molar refractivity (Wildman–Crippen MR) is 95.2 cm³/mol. The lowest BCUT2D eigenvalue weighted by molar-refractivity contribution is -0.139. The van der Waals surface area contributed by atoms with E-state index in [1.165, 1.54) is 0 Å². The Morgan fingerprint density at radius 2 is 1.60 bits per heavy atom. The number of hydrogen-bond donors (Lipinski definition) is 2. The lowest BCUT2D eigenvalue weighted by atomic mass is 9.96. The van der Waals surface area contributed by atoms with Crippen LogP contribution < -0.4 is 5.32 Å². The highest BCUT2D eigenvalue weighted by molar-refractivity contribution is 6.18. The smallest absolute Gasteiger partial charge is 0.326 e. The van der Waals surface area contributed by atoms with E-state index in [9.17, 15) is 14.7 Å². The molecule has 3 aromatic rings. The molecule has 0 heterocycles. The molecule has 1 atom stereocenters. The van der Waals surface area contributed by atoms with Crippen LogP contribution in [-0.2, 0) is 4.79 Å². The molecule has 0 aliphatic rings. The number of carboxylic acid groups (broad SMARTS) is 1. The van der Waals surface area contributed by atoms with Crippen LogP contribution in [0.25, 0.3) is 21.5 Å². The lowest BCUT2D eigenvalue weighted by Gasteiger charge is -2.16. The second-order valence-electron chi connectivity index (χ2n) is 5.75. The molecule has 0 spiro atoms. The molecule has 0 aliphatic heterocycles. The van der Waals surface area contributed by atoms with Crippen molar-refractivity contribution >= 4 is 33.4 Å².